The van der Waals surface area contributed by atoms with Crippen molar-refractivity contribution < 1.29 is 4.79 Å². The van der Waals surface area contributed by atoms with Gasteiger partial charge >= 0.3 is 5.69 Å². The highest BCUT2D eigenvalue weighted by molar-refractivity contribution is 5.93. The largest absolute Gasteiger partial charge is 0.338 e. The third kappa shape index (κ3) is 2.60. The van der Waals surface area contributed by atoms with E-state index in [4.69, 9.17) is 6.42 Å². The lowest BCUT2D eigenvalue weighted by atomic mass is 10.2. The molecule has 16 heavy (non-hydrogen) atoms. The monoisotopic (exact) mass is 221 g/mol. The third-order valence-electron chi connectivity index (χ3n) is 1.98. The van der Waals surface area contributed by atoms with Gasteiger partial charge in [-0.3, -0.25) is 14.6 Å². The summed E-state index contributed by atoms with van der Waals surface area (Å²) in [5.41, 5.74) is -1.58. The van der Waals surface area contributed by atoms with Crippen LogP contribution in [0.3, 0.4) is 0 Å². The molecule has 1 heterocycles. The smallest absolute Gasteiger partial charge is 0.325 e. The van der Waals surface area contributed by atoms with Gasteiger partial charge in [-0.1, -0.05) is 12.8 Å². The number of nitrogens with one attached hydrogen (secondary N) is 3. The van der Waals surface area contributed by atoms with Crippen molar-refractivity contribution in [3.8, 4) is 12.3 Å². The fourth-order valence-electron chi connectivity index (χ4n) is 1.08. The van der Waals surface area contributed by atoms with Gasteiger partial charge in [0.25, 0.3) is 11.5 Å². The average Bonchev–Trinajstić information content (AvgIpc) is 2.25. The second kappa shape index (κ2) is 4.98. The predicted octanol–water partition coefficient (Wildman–Crippen LogP) is -0.795. The lowest BCUT2D eigenvalue weighted by molar-refractivity contribution is 0.0943. The highest BCUT2D eigenvalue weighted by atomic mass is 16.2. The van der Waals surface area contributed by atoms with Crippen molar-refractivity contribution in [2.45, 2.75) is 19.4 Å². The molecular formula is C10H11N3O3. The standard InChI is InChI=1S/C10H11N3O3/c1-3-6(4-2)12-8(14)7-5-11-10(16)13-9(7)15/h1,5-6H,4H2,2H3,(H,12,14)(H2,11,13,15,16). The van der Waals surface area contributed by atoms with Gasteiger partial charge in [-0.2, -0.15) is 0 Å². The first-order valence-corrected chi connectivity index (χ1v) is 4.67. The van der Waals surface area contributed by atoms with E-state index in [1.54, 1.807) is 0 Å². The third-order valence-corrected chi connectivity index (χ3v) is 1.98. The molecule has 1 aromatic heterocycles. The van der Waals surface area contributed by atoms with Crippen LogP contribution in [-0.2, 0) is 0 Å². The van der Waals surface area contributed by atoms with Crippen molar-refractivity contribution in [1.29, 1.82) is 0 Å². The number of rotatable bonds is 3. The minimum absolute atomic E-state index is 0.173. The molecule has 1 amide bonds. The Morgan fingerprint density at radius 3 is 2.81 bits per heavy atom. The van der Waals surface area contributed by atoms with E-state index < -0.39 is 23.2 Å². The summed E-state index contributed by atoms with van der Waals surface area (Å²) >= 11 is 0. The zero-order valence-electron chi connectivity index (χ0n) is 8.66. The van der Waals surface area contributed by atoms with Crippen molar-refractivity contribution in [3.63, 3.8) is 0 Å². The van der Waals surface area contributed by atoms with Crippen LogP contribution >= 0.6 is 0 Å². The summed E-state index contributed by atoms with van der Waals surface area (Å²) in [6.07, 6.45) is 6.78. The number of carbonyl (C=O) groups excluding carboxylic acids is 1. The molecule has 0 spiro atoms. The molecule has 1 unspecified atom stereocenters. The van der Waals surface area contributed by atoms with Gasteiger partial charge < -0.3 is 10.3 Å². The van der Waals surface area contributed by atoms with Gasteiger partial charge in [-0.15, -0.1) is 6.42 Å². The fourth-order valence-corrected chi connectivity index (χ4v) is 1.08. The minimum Gasteiger partial charge on any atom is -0.338 e. The first kappa shape index (κ1) is 11.8. The lowest BCUT2D eigenvalue weighted by Gasteiger charge is -2.09. The summed E-state index contributed by atoms with van der Waals surface area (Å²) in [4.78, 5) is 37.7. The molecule has 0 bridgehead atoms. The first-order valence-electron chi connectivity index (χ1n) is 4.67. The number of aromatic nitrogens is 2. The van der Waals surface area contributed by atoms with E-state index in [2.05, 4.69) is 16.2 Å². The SMILES string of the molecule is C#CC(CC)NC(=O)c1c[nH]c(=O)[nH]c1=O. The van der Waals surface area contributed by atoms with Crippen LogP contribution in [0.5, 0.6) is 0 Å². The molecule has 1 atom stereocenters. The van der Waals surface area contributed by atoms with Crippen molar-refractivity contribution in [2.24, 2.45) is 0 Å². The zero-order chi connectivity index (χ0) is 12.1. The Morgan fingerprint density at radius 2 is 2.31 bits per heavy atom. The van der Waals surface area contributed by atoms with Crippen molar-refractivity contribution >= 4 is 5.91 Å². The van der Waals surface area contributed by atoms with E-state index in [1.807, 2.05) is 11.9 Å². The Hall–Kier alpha value is -2.29. The van der Waals surface area contributed by atoms with Crippen LogP contribution in [-0.4, -0.2) is 21.9 Å². The Bertz CT molecular complexity index is 535. The quantitative estimate of drug-likeness (QED) is 0.583. The maximum atomic E-state index is 11.6. The number of aromatic amines is 2. The summed E-state index contributed by atoms with van der Waals surface area (Å²) in [5.74, 6) is 1.76. The Labute approximate surface area is 91.1 Å². The summed E-state index contributed by atoms with van der Waals surface area (Å²) in [6, 6.07) is -0.432. The molecule has 0 saturated carbocycles. The Kier molecular flexibility index (Phi) is 3.67. The molecule has 0 aliphatic carbocycles. The molecule has 3 N–H and O–H groups in total. The lowest BCUT2D eigenvalue weighted by Crippen LogP contribution is -2.38. The Morgan fingerprint density at radius 1 is 1.62 bits per heavy atom. The summed E-state index contributed by atoms with van der Waals surface area (Å²) < 4.78 is 0. The molecular weight excluding hydrogens is 210 g/mol. The number of hydrogen-bond acceptors (Lipinski definition) is 3. The van der Waals surface area contributed by atoms with Gasteiger partial charge in [0.2, 0.25) is 0 Å². The van der Waals surface area contributed by atoms with Crippen LogP contribution in [0.15, 0.2) is 15.8 Å². The highest BCUT2D eigenvalue weighted by Crippen LogP contribution is 1.91. The molecule has 84 valence electrons. The van der Waals surface area contributed by atoms with Crippen LogP contribution < -0.4 is 16.6 Å². The van der Waals surface area contributed by atoms with Crippen LogP contribution in [0.2, 0.25) is 0 Å². The van der Waals surface area contributed by atoms with E-state index in [1.165, 1.54) is 0 Å². The molecule has 1 aromatic rings. The molecule has 0 aromatic carbocycles. The van der Waals surface area contributed by atoms with E-state index >= 15 is 0 Å². The topological polar surface area (TPSA) is 94.8 Å². The van der Waals surface area contributed by atoms with Crippen LogP contribution in [0.25, 0.3) is 0 Å². The molecule has 0 fully saturated rings. The summed E-state index contributed by atoms with van der Waals surface area (Å²) in [6.45, 7) is 1.81. The molecule has 6 heteroatoms. The number of carbonyl (C=O) groups is 1. The summed E-state index contributed by atoms with van der Waals surface area (Å²) in [7, 11) is 0. The van der Waals surface area contributed by atoms with Gasteiger partial charge in [-0.05, 0) is 6.42 Å². The normalized spacial score (nSPS) is 11.5. The van der Waals surface area contributed by atoms with Gasteiger partial charge in [0.1, 0.15) is 5.56 Å². The number of terminal acetylenes is 1. The molecule has 6 nitrogen and oxygen atoms in total. The second-order valence-electron chi connectivity index (χ2n) is 3.09. The number of amides is 1. The molecule has 0 saturated heterocycles. The first-order chi connectivity index (χ1) is 7.58. The van der Waals surface area contributed by atoms with Crippen LogP contribution in [0.1, 0.15) is 23.7 Å². The average molecular weight is 221 g/mol. The molecule has 0 aliphatic rings. The number of hydrogen-bond donors (Lipinski definition) is 3. The summed E-state index contributed by atoms with van der Waals surface area (Å²) in [5, 5.41) is 2.48. The zero-order valence-corrected chi connectivity index (χ0v) is 8.66. The van der Waals surface area contributed by atoms with E-state index in [-0.39, 0.29) is 5.56 Å². The maximum Gasteiger partial charge on any atom is 0.325 e. The van der Waals surface area contributed by atoms with E-state index in [0.717, 1.165) is 6.20 Å². The van der Waals surface area contributed by atoms with Gasteiger partial charge in [0.15, 0.2) is 0 Å². The van der Waals surface area contributed by atoms with Crippen LogP contribution in [0.4, 0.5) is 0 Å². The predicted molar refractivity (Wildman–Crippen MR) is 58.1 cm³/mol. The fraction of sp³-hybridized carbons (Fsp3) is 0.300. The van der Waals surface area contributed by atoms with Gasteiger partial charge in [0.05, 0.1) is 6.04 Å². The van der Waals surface area contributed by atoms with Crippen molar-refractivity contribution in [3.05, 3.63) is 32.6 Å². The Balaban J connectivity index is 2.94. The molecule has 0 aliphatic heterocycles. The van der Waals surface area contributed by atoms with Crippen molar-refractivity contribution in [1.82, 2.24) is 15.3 Å². The van der Waals surface area contributed by atoms with Crippen molar-refractivity contribution in [2.75, 3.05) is 0 Å². The maximum absolute atomic E-state index is 11.6. The molecule has 1 rings (SSSR count). The van der Waals surface area contributed by atoms with Gasteiger partial charge in [-0.25, -0.2) is 4.79 Å². The van der Waals surface area contributed by atoms with Crippen LogP contribution in [0, 0.1) is 12.3 Å². The van der Waals surface area contributed by atoms with Gasteiger partial charge in [0, 0.05) is 6.20 Å². The highest BCUT2D eigenvalue weighted by Gasteiger charge is 2.13. The number of H-pyrrole nitrogens is 2. The van der Waals surface area contributed by atoms with E-state index in [0.29, 0.717) is 6.42 Å². The van der Waals surface area contributed by atoms with E-state index in [9.17, 15) is 14.4 Å². The molecule has 0 radical (unpaired) electrons. The minimum atomic E-state index is -0.742. The second-order valence-corrected chi connectivity index (χ2v) is 3.09.